The largest absolute Gasteiger partial charge is 0.388 e. The van der Waals surface area contributed by atoms with Crippen molar-refractivity contribution >= 4 is 0 Å². The predicted molar refractivity (Wildman–Crippen MR) is 60.3 cm³/mol. The molecule has 4 heteroatoms. The molecule has 0 spiro atoms. The summed E-state index contributed by atoms with van der Waals surface area (Å²) in [6, 6.07) is 9.99. The lowest BCUT2D eigenvalue weighted by Crippen LogP contribution is -2.43. The molecule has 0 aliphatic carbocycles. The van der Waals surface area contributed by atoms with E-state index in [4.69, 9.17) is 14.2 Å². The molecule has 2 aliphatic heterocycles. The molecule has 0 amide bonds. The van der Waals surface area contributed by atoms with Crippen LogP contribution in [0.2, 0.25) is 0 Å². The molecule has 2 aliphatic rings. The van der Waals surface area contributed by atoms with Crippen molar-refractivity contribution in [3.8, 4) is 0 Å². The van der Waals surface area contributed by atoms with Gasteiger partial charge in [-0.15, -0.1) is 0 Å². The zero-order chi connectivity index (χ0) is 11.7. The summed E-state index contributed by atoms with van der Waals surface area (Å²) < 4.78 is 16.6. The van der Waals surface area contributed by atoms with Crippen molar-refractivity contribution in [1.29, 1.82) is 0 Å². The molecule has 2 bridgehead atoms. The monoisotopic (exact) mass is 236 g/mol. The van der Waals surface area contributed by atoms with Gasteiger partial charge < -0.3 is 19.3 Å². The fourth-order valence-electron chi connectivity index (χ4n) is 2.29. The highest BCUT2D eigenvalue weighted by molar-refractivity contribution is 5.13. The van der Waals surface area contributed by atoms with Crippen LogP contribution in [0, 0.1) is 0 Å². The summed E-state index contributed by atoms with van der Waals surface area (Å²) in [5.41, 5.74) is 1.13. The van der Waals surface area contributed by atoms with E-state index in [2.05, 4.69) is 0 Å². The molecule has 0 radical (unpaired) electrons. The number of aliphatic hydroxyl groups excluding tert-OH is 1. The second-order valence-corrected chi connectivity index (χ2v) is 4.51. The molecule has 1 aromatic rings. The molecule has 4 nitrogen and oxygen atoms in total. The molecule has 2 fully saturated rings. The quantitative estimate of drug-likeness (QED) is 0.853. The number of benzene rings is 1. The maximum absolute atomic E-state index is 9.73. The van der Waals surface area contributed by atoms with Gasteiger partial charge in [-0.2, -0.15) is 0 Å². The van der Waals surface area contributed by atoms with Crippen LogP contribution in [0.1, 0.15) is 12.0 Å². The van der Waals surface area contributed by atoms with Crippen LogP contribution >= 0.6 is 0 Å². The third-order valence-electron chi connectivity index (χ3n) is 3.24. The van der Waals surface area contributed by atoms with Gasteiger partial charge in [-0.1, -0.05) is 30.3 Å². The van der Waals surface area contributed by atoms with Gasteiger partial charge in [-0.05, 0) is 5.56 Å². The minimum atomic E-state index is -0.575. The van der Waals surface area contributed by atoms with Crippen LogP contribution in [0.5, 0.6) is 0 Å². The lowest BCUT2D eigenvalue weighted by Gasteiger charge is -2.30. The third kappa shape index (κ3) is 2.35. The van der Waals surface area contributed by atoms with E-state index in [0.717, 1.165) is 5.56 Å². The topological polar surface area (TPSA) is 47.9 Å². The lowest BCUT2D eigenvalue weighted by atomic mass is 10.0. The average Bonchev–Trinajstić information content (AvgIpc) is 2.80. The Morgan fingerprint density at radius 2 is 2.12 bits per heavy atom. The maximum Gasteiger partial charge on any atom is 0.184 e. The van der Waals surface area contributed by atoms with Crippen LogP contribution in [0.15, 0.2) is 30.3 Å². The predicted octanol–water partition coefficient (Wildman–Crippen LogP) is 1.08. The third-order valence-corrected chi connectivity index (χ3v) is 3.24. The van der Waals surface area contributed by atoms with Crippen molar-refractivity contribution in [2.45, 2.75) is 37.6 Å². The minimum absolute atomic E-state index is 0.0351. The second-order valence-electron chi connectivity index (χ2n) is 4.51. The van der Waals surface area contributed by atoms with Crippen LogP contribution in [0.3, 0.4) is 0 Å². The Morgan fingerprint density at radius 3 is 2.94 bits per heavy atom. The van der Waals surface area contributed by atoms with E-state index in [1.165, 1.54) is 0 Å². The number of rotatable bonds is 3. The zero-order valence-electron chi connectivity index (χ0n) is 9.49. The zero-order valence-corrected chi connectivity index (χ0v) is 9.49. The van der Waals surface area contributed by atoms with Gasteiger partial charge in [0.25, 0.3) is 0 Å². The highest BCUT2D eigenvalue weighted by Gasteiger charge is 2.43. The van der Waals surface area contributed by atoms with Crippen LogP contribution < -0.4 is 0 Å². The number of hydrogen-bond acceptors (Lipinski definition) is 4. The summed E-state index contributed by atoms with van der Waals surface area (Å²) in [4.78, 5) is 0. The molecule has 0 aromatic heterocycles. The number of hydrogen-bond donors (Lipinski definition) is 1. The van der Waals surface area contributed by atoms with Crippen LogP contribution in [-0.4, -0.2) is 36.3 Å². The van der Waals surface area contributed by atoms with E-state index in [9.17, 15) is 5.11 Å². The molecule has 0 unspecified atom stereocenters. The normalized spacial score (nSPS) is 36.1. The van der Waals surface area contributed by atoms with Gasteiger partial charge in [-0.3, -0.25) is 0 Å². The van der Waals surface area contributed by atoms with Gasteiger partial charge in [0.1, 0.15) is 12.2 Å². The van der Waals surface area contributed by atoms with Gasteiger partial charge in [-0.25, -0.2) is 0 Å². The first-order chi connectivity index (χ1) is 8.33. The molecule has 1 aromatic carbocycles. The van der Waals surface area contributed by atoms with Crippen LogP contribution in [0.4, 0.5) is 0 Å². The number of fused-ring (bicyclic) bond motifs is 2. The molecule has 17 heavy (non-hydrogen) atoms. The van der Waals surface area contributed by atoms with Gasteiger partial charge in [0.15, 0.2) is 6.29 Å². The SMILES string of the molecule is O[C@H]1C[C@H](OCc2ccccc2)[C@H]2CO[C@@H]1O2. The molecule has 1 N–H and O–H groups in total. The first-order valence-electron chi connectivity index (χ1n) is 5.93. The maximum atomic E-state index is 9.73. The smallest absolute Gasteiger partial charge is 0.184 e. The van der Waals surface area contributed by atoms with Crippen LogP contribution in [-0.2, 0) is 20.8 Å². The first-order valence-corrected chi connectivity index (χ1v) is 5.93. The van der Waals surface area contributed by atoms with E-state index in [1.807, 2.05) is 30.3 Å². The van der Waals surface area contributed by atoms with E-state index in [1.54, 1.807) is 0 Å². The van der Waals surface area contributed by atoms with Crippen LogP contribution in [0.25, 0.3) is 0 Å². The molecule has 3 rings (SSSR count). The summed E-state index contributed by atoms with van der Waals surface area (Å²) in [5.74, 6) is 0. The summed E-state index contributed by atoms with van der Waals surface area (Å²) in [6.45, 7) is 1.06. The average molecular weight is 236 g/mol. The summed E-state index contributed by atoms with van der Waals surface area (Å²) in [6.07, 6.45) is -0.551. The summed E-state index contributed by atoms with van der Waals surface area (Å²) in [7, 11) is 0. The van der Waals surface area contributed by atoms with Crippen molar-refractivity contribution in [1.82, 2.24) is 0 Å². The Labute approximate surface area is 100 Å². The first kappa shape index (κ1) is 11.2. The summed E-state index contributed by atoms with van der Waals surface area (Å²) >= 11 is 0. The number of aliphatic hydroxyl groups is 1. The Bertz CT molecular complexity index is 367. The molecule has 2 saturated heterocycles. The molecular weight excluding hydrogens is 220 g/mol. The number of ether oxygens (including phenoxy) is 3. The molecular formula is C13H16O4. The Balaban J connectivity index is 1.58. The fraction of sp³-hybridized carbons (Fsp3) is 0.538. The van der Waals surface area contributed by atoms with Crippen molar-refractivity contribution in [2.75, 3.05) is 6.61 Å². The highest BCUT2D eigenvalue weighted by Crippen LogP contribution is 2.29. The van der Waals surface area contributed by atoms with E-state index in [-0.39, 0.29) is 12.2 Å². The fourth-order valence-corrected chi connectivity index (χ4v) is 2.29. The van der Waals surface area contributed by atoms with E-state index in [0.29, 0.717) is 19.6 Å². The van der Waals surface area contributed by atoms with Gasteiger partial charge >= 0.3 is 0 Å². The van der Waals surface area contributed by atoms with Gasteiger partial charge in [0.2, 0.25) is 0 Å². The minimum Gasteiger partial charge on any atom is -0.388 e. The molecule has 2 heterocycles. The Hall–Kier alpha value is -0.940. The van der Waals surface area contributed by atoms with Crippen molar-refractivity contribution in [3.63, 3.8) is 0 Å². The molecule has 92 valence electrons. The Kier molecular flexibility index (Phi) is 3.11. The summed E-state index contributed by atoms with van der Waals surface area (Å²) in [5, 5.41) is 9.73. The van der Waals surface area contributed by atoms with Crippen molar-refractivity contribution in [2.24, 2.45) is 0 Å². The Morgan fingerprint density at radius 1 is 1.29 bits per heavy atom. The van der Waals surface area contributed by atoms with Crippen molar-refractivity contribution < 1.29 is 19.3 Å². The van der Waals surface area contributed by atoms with E-state index >= 15 is 0 Å². The van der Waals surface area contributed by atoms with Gasteiger partial charge in [0.05, 0.1) is 19.3 Å². The highest BCUT2D eigenvalue weighted by atomic mass is 16.7. The molecule has 0 saturated carbocycles. The standard InChI is InChI=1S/C13H16O4/c14-10-6-11(12-8-16-13(10)17-12)15-7-9-4-2-1-3-5-9/h1-5,10-14H,6-8H2/t10-,11-,12+,13+/m0/s1. The molecule has 4 atom stereocenters. The lowest BCUT2D eigenvalue weighted by molar-refractivity contribution is -0.193. The second kappa shape index (κ2) is 4.74. The van der Waals surface area contributed by atoms with E-state index < -0.39 is 12.4 Å². The van der Waals surface area contributed by atoms with Crippen molar-refractivity contribution in [3.05, 3.63) is 35.9 Å². The van der Waals surface area contributed by atoms with Gasteiger partial charge in [0, 0.05) is 6.42 Å².